The van der Waals surface area contributed by atoms with Crippen molar-refractivity contribution in [1.29, 1.82) is 0 Å². The minimum absolute atomic E-state index is 0.153. The van der Waals surface area contributed by atoms with E-state index in [4.69, 9.17) is 4.74 Å². The molecule has 0 aromatic heterocycles. The van der Waals surface area contributed by atoms with Gasteiger partial charge in [-0.15, -0.1) is 0 Å². The van der Waals surface area contributed by atoms with E-state index >= 15 is 0 Å². The van der Waals surface area contributed by atoms with Gasteiger partial charge < -0.3 is 9.64 Å². The molecule has 3 atom stereocenters. The lowest BCUT2D eigenvalue weighted by Crippen LogP contribution is -2.53. The van der Waals surface area contributed by atoms with Crippen molar-refractivity contribution in [3.05, 3.63) is 47.5 Å². The van der Waals surface area contributed by atoms with Crippen LogP contribution in [0.5, 0.6) is 0 Å². The van der Waals surface area contributed by atoms with Gasteiger partial charge in [-0.3, -0.25) is 0 Å². The normalized spacial score (nSPS) is 29.1. The summed E-state index contributed by atoms with van der Waals surface area (Å²) in [7, 11) is 1.46. The number of nitrogens with zero attached hydrogens (tertiary/aromatic N) is 1. The summed E-state index contributed by atoms with van der Waals surface area (Å²) in [6.07, 6.45) is 3.24. The summed E-state index contributed by atoms with van der Waals surface area (Å²) >= 11 is 0. The molecule has 2 aliphatic heterocycles. The van der Waals surface area contributed by atoms with E-state index in [1.807, 2.05) is 11.0 Å². The highest BCUT2D eigenvalue weighted by atomic mass is 16.5. The van der Waals surface area contributed by atoms with Crippen LogP contribution in [0.2, 0.25) is 0 Å². The van der Waals surface area contributed by atoms with Gasteiger partial charge in [0, 0.05) is 12.5 Å². The maximum atomic E-state index is 12.0. The molecular weight excluding hydrogens is 238 g/mol. The van der Waals surface area contributed by atoms with Crippen molar-refractivity contribution in [2.45, 2.75) is 25.3 Å². The van der Waals surface area contributed by atoms with Gasteiger partial charge >= 0.3 is 6.09 Å². The van der Waals surface area contributed by atoms with Crippen molar-refractivity contribution in [3.63, 3.8) is 0 Å². The lowest BCUT2D eigenvalue weighted by Gasteiger charge is -2.48. The van der Waals surface area contributed by atoms with Gasteiger partial charge in [0.05, 0.1) is 13.2 Å². The van der Waals surface area contributed by atoms with Gasteiger partial charge in [-0.2, -0.15) is 0 Å². The van der Waals surface area contributed by atoms with E-state index < -0.39 is 0 Å². The summed E-state index contributed by atoms with van der Waals surface area (Å²) in [4.78, 5) is 13.8. The molecule has 1 amide bonds. The van der Waals surface area contributed by atoms with E-state index in [1.54, 1.807) is 0 Å². The number of methoxy groups -OCH3 is 1. The quantitative estimate of drug-likeness (QED) is 0.723. The second-order valence-electron chi connectivity index (χ2n) is 5.49. The van der Waals surface area contributed by atoms with Crippen LogP contribution in [0, 0.1) is 5.92 Å². The van der Waals surface area contributed by atoms with E-state index in [9.17, 15) is 4.79 Å². The summed E-state index contributed by atoms with van der Waals surface area (Å²) in [5, 5.41) is 0. The molecule has 4 rings (SSSR count). The van der Waals surface area contributed by atoms with Gasteiger partial charge in [-0.05, 0) is 24.8 Å². The fraction of sp³-hybridized carbons (Fsp3) is 0.438. The molecule has 0 spiro atoms. The second kappa shape index (κ2) is 4.72. The Bertz CT molecular complexity index is 509. The predicted molar refractivity (Wildman–Crippen MR) is 73.9 cm³/mol. The summed E-state index contributed by atoms with van der Waals surface area (Å²) in [6.45, 7) is 2.92. The number of carbonyl (C=O) groups excluding carboxylic acids is 1. The molecule has 19 heavy (non-hydrogen) atoms. The van der Waals surface area contributed by atoms with Crippen molar-refractivity contribution in [2.24, 2.45) is 5.92 Å². The third-order valence-corrected chi connectivity index (χ3v) is 4.31. The predicted octanol–water partition coefficient (Wildman–Crippen LogP) is 3.19. The summed E-state index contributed by atoms with van der Waals surface area (Å²) in [5.41, 5.74) is 2.61. The number of fused-ring (bicyclic) bond motifs is 2. The zero-order valence-corrected chi connectivity index (χ0v) is 11.4. The molecule has 100 valence electrons. The van der Waals surface area contributed by atoms with E-state index in [2.05, 4.69) is 37.3 Å². The zero-order valence-electron chi connectivity index (χ0n) is 11.4. The highest BCUT2D eigenvalue weighted by Crippen LogP contribution is 2.43. The molecule has 0 N–H and O–H groups in total. The maximum Gasteiger partial charge on any atom is 0.410 e. The van der Waals surface area contributed by atoms with Crippen molar-refractivity contribution < 1.29 is 9.53 Å². The number of hydrogen-bond donors (Lipinski definition) is 0. The summed E-state index contributed by atoms with van der Waals surface area (Å²) in [5.74, 6) is 0.846. The minimum Gasteiger partial charge on any atom is -0.453 e. The van der Waals surface area contributed by atoms with E-state index in [0.29, 0.717) is 11.8 Å². The molecule has 0 saturated carbocycles. The van der Waals surface area contributed by atoms with Crippen LogP contribution >= 0.6 is 0 Å². The number of carbonyl (C=O) groups is 1. The van der Waals surface area contributed by atoms with Crippen molar-refractivity contribution in [2.75, 3.05) is 13.7 Å². The van der Waals surface area contributed by atoms with Crippen LogP contribution < -0.4 is 0 Å². The Labute approximate surface area is 113 Å². The fourth-order valence-electron chi connectivity index (χ4n) is 3.59. The highest BCUT2D eigenvalue weighted by Gasteiger charge is 2.43. The molecular formula is C16H19NO2. The van der Waals surface area contributed by atoms with Crippen LogP contribution in [0.1, 0.15) is 24.8 Å². The van der Waals surface area contributed by atoms with Crippen LogP contribution in [-0.2, 0) is 4.74 Å². The lowest BCUT2D eigenvalue weighted by atomic mass is 9.71. The molecule has 2 heterocycles. The number of amides is 1. The summed E-state index contributed by atoms with van der Waals surface area (Å²) in [6, 6.07) is 10.6. The molecule has 3 heteroatoms. The number of ether oxygens (including phenoxy) is 1. The Morgan fingerprint density at radius 1 is 1.32 bits per heavy atom. The first-order chi connectivity index (χ1) is 9.20. The number of hydrogen-bond acceptors (Lipinski definition) is 2. The largest absolute Gasteiger partial charge is 0.453 e. The topological polar surface area (TPSA) is 29.5 Å². The SMILES string of the molecule is COC(=O)N1C[C@@H]2C=C(C)[C@H]1[C@@H](c1ccccc1)C2. The average molecular weight is 257 g/mol. The maximum absolute atomic E-state index is 12.0. The average Bonchev–Trinajstić information content (AvgIpc) is 2.46. The molecule has 1 aromatic rings. The van der Waals surface area contributed by atoms with Crippen LogP contribution in [0.25, 0.3) is 0 Å². The Balaban J connectivity index is 1.96. The van der Waals surface area contributed by atoms with Crippen LogP contribution in [0.15, 0.2) is 42.0 Å². The van der Waals surface area contributed by atoms with Crippen molar-refractivity contribution in [1.82, 2.24) is 4.90 Å². The van der Waals surface area contributed by atoms with Gasteiger partial charge in [0.15, 0.2) is 0 Å². The van der Waals surface area contributed by atoms with Gasteiger partial charge in [0.2, 0.25) is 0 Å². The first-order valence-electron chi connectivity index (χ1n) is 6.78. The highest BCUT2D eigenvalue weighted by molar-refractivity contribution is 5.69. The number of rotatable bonds is 1. The molecule has 2 bridgehead atoms. The number of piperidine rings is 1. The van der Waals surface area contributed by atoms with Crippen LogP contribution in [0.3, 0.4) is 0 Å². The van der Waals surface area contributed by atoms with Gasteiger partial charge in [0.1, 0.15) is 0 Å². The first kappa shape index (κ1) is 12.3. The van der Waals surface area contributed by atoms with E-state index in [-0.39, 0.29) is 12.1 Å². The third-order valence-electron chi connectivity index (χ3n) is 4.31. The van der Waals surface area contributed by atoms with Crippen molar-refractivity contribution >= 4 is 6.09 Å². The monoisotopic (exact) mass is 257 g/mol. The molecule has 1 aromatic carbocycles. The molecule has 3 aliphatic rings. The van der Waals surface area contributed by atoms with E-state index in [1.165, 1.54) is 18.2 Å². The molecule has 1 saturated heterocycles. The number of benzene rings is 1. The van der Waals surface area contributed by atoms with Gasteiger partial charge in [-0.25, -0.2) is 4.79 Å². The second-order valence-corrected chi connectivity index (χ2v) is 5.49. The zero-order chi connectivity index (χ0) is 13.4. The van der Waals surface area contributed by atoms with Crippen molar-refractivity contribution in [3.8, 4) is 0 Å². The standard InChI is InChI=1S/C16H19NO2/c1-11-8-12-9-14(13-6-4-3-5-7-13)15(11)17(10-12)16(18)19-2/h3-8,12,14-15H,9-10H2,1-2H3/t12-,14-,15+/m1/s1. The smallest absolute Gasteiger partial charge is 0.410 e. The van der Waals surface area contributed by atoms with Gasteiger partial charge in [-0.1, -0.05) is 42.0 Å². The molecule has 0 unspecified atom stereocenters. The molecule has 3 nitrogen and oxygen atoms in total. The molecule has 0 radical (unpaired) electrons. The Morgan fingerprint density at radius 2 is 2.05 bits per heavy atom. The van der Waals surface area contributed by atoms with Gasteiger partial charge in [0.25, 0.3) is 0 Å². The summed E-state index contributed by atoms with van der Waals surface area (Å²) < 4.78 is 4.93. The first-order valence-corrected chi connectivity index (χ1v) is 6.78. The van der Waals surface area contributed by atoms with Crippen LogP contribution in [-0.4, -0.2) is 30.7 Å². The third kappa shape index (κ3) is 2.03. The molecule has 1 aliphatic carbocycles. The minimum atomic E-state index is -0.205. The Morgan fingerprint density at radius 3 is 2.68 bits per heavy atom. The fourth-order valence-corrected chi connectivity index (χ4v) is 3.59. The van der Waals surface area contributed by atoms with E-state index in [0.717, 1.165) is 13.0 Å². The Kier molecular flexibility index (Phi) is 3.05. The lowest BCUT2D eigenvalue weighted by molar-refractivity contribution is 0.0727. The Hall–Kier alpha value is -1.77. The van der Waals surface area contributed by atoms with Crippen LogP contribution in [0.4, 0.5) is 4.79 Å². The molecule has 1 fully saturated rings.